The highest BCUT2D eigenvalue weighted by Gasteiger charge is 2.18. The summed E-state index contributed by atoms with van der Waals surface area (Å²) in [4.78, 5) is 23.9. The van der Waals surface area contributed by atoms with Crippen molar-refractivity contribution in [3.8, 4) is 0 Å². The molecule has 0 aliphatic carbocycles. The molecule has 0 amide bonds. The molecular formula is C15H16O3. The monoisotopic (exact) mass is 244 g/mol. The third-order valence-corrected chi connectivity index (χ3v) is 3.02. The third-order valence-electron chi connectivity index (χ3n) is 3.02. The lowest BCUT2D eigenvalue weighted by Gasteiger charge is -2.09. The number of Topliss-reactive ketones (excluding diaryl/α,β-unsaturated/α-hetero) is 1. The molecule has 0 aliphatic rings. The van der Waals surface area contributed by atoms with Crippen molar-refractivity contribution in [1.82, 2.24) is 0 Å². The third kappa shape index (κ3) is 2.08. The SMILES string of the molecule is CCCc1c(C(=O)CC)c(=O)oc2ccccc12. The van der Waals surface area contributed by atoms with Gasteiger partial charge >= 0.3 is 5.63 Å². The molecule has 2 rings (SSSR count). The van der Waals surface area contributed by atoms with E-state index in [2.05, 4.69) is 0 Å². The largest absolute Gasteiger partial charge is 0.422 e. The van der Waals surface area contributed by atoms with Gasteiger partial charge in [-0.2, -0.15) is 0 Å². The number of hydrogen-bond donors (Lipinski definition) is 0. The van der Waals surface area contributed by atoms with E-state index >= 15 is 0 Å². The molecular weight excluding hydrogens is 228 g/mol. The summed E-state index contributed by atoms with van der Waals surface area (Å²) in [7, 11) is 0. The van der Waals surface area contributed by atoms with Crippen LogP contribution in [0, 0.1) is 0 Å². The van der Waals surface area contributed by atoms with Gasteiger partial charge in [0.2, 0.25) is 0 Å². The zero-order chi connectivity index (χ0) is 13.1. The smallest absolute Gasteiger partial charge is 0.347 e. The highest BCUT2D eigenvalue weighted by molar-refractivity contribution is 6.00. The van der Waals surface area contributed by atoms with Gasteiger partial charge in [-0.05, 0) is 18.1 Å². The molecule has 3 heteroatoms. The molecule has 3 nitrogen and oxygen atoms in total. The molecule has 1 aromatic heterocycles. The van der Waals surface area contributed by atoms with Crippen molar-refractivity contribution in [2.75, 3.05) is 0 Å². The van der Waals surface area contributed by atoms with Crippen molar-refractivity contribution >= 4 is 16.8 Å². The summed E-state index contributed by atoms with van der Waals surface area (Å²) in [6, 6.07) is 7.37. The summed E-state index contributed by atoms with van der Waals surface area (Å²) in [5.41, 5.74) is 1.11. The molecule has 0 saturated heterocycles. The van der Waals surface area contributed by atoms with Crippen molar-refractivity contribution in [2.24, 2.45) is 0 Å². The molecule has 0 unspecified atom stereocenters. The topological polar surface area (TPSA) is 47.3 Å². The average molecular weight is 244 g/mol. The Kier molecular flexibility index (Phi) is 3.60. The van der Waals surface area contributed by atoms with Crippen LogP contribution in [-0.4, -0.2) is 5.78 Å². The maximum atomic E-state index is 11.9. The van der Waals surface area contributed by atoms with Crippen LogP contribution in [0.3, 0.4) is 0 Å². The molecule has 94 valence electrons. The molecule has 2 aromatic rings. The first kappa shape index (κ1) is 12.6. The highest BCUT2D eigenvalue weighted by atomic mass is 16.4. The van der Waals surface area contributed by atoms with Gasteiger partial charge in [0.1, 0.15) is 11.1 Å². The Balaban J connectivity index is 2.83. The summed E-state index contributed by atoms with van der Waals surface area (Å²) >= 11 is 0. The Morgan fingerprint density at radius 2 is 1.94 bits per heavy atom. The Morgan fingerprint density at radius 1 is 1.22 bits per heavy atom. The van der Waals surface area contributed by atoms with Crippen molar-refractivity contribution in [3.05, 3.63) is 45.8 Å². The van der Waals surface area contributed by atoms with Crippen LogP contribution in [0.1, 0.15) is 42.6 Å². The average Bonchev–Trinajstić information content (AvgIpc) is 2.38. The van der Waals surface area contributed by atoms with Crippen molar-refractivity contribution < 1.29 is 9.21 Å². The number of carbonyl (C=O) groups excluding carboxylic acids is 1. The van der Waals surface area contributed by atoms with E-state index in [9.17, 15) is 9.59 Å². The van der Waals surface area contributed by atoms with Crippen LogP contribution in [0.5, 0.6) is 0 Å². The number of aryl methyl sites for hydroxylation is 1. The first-order valence-electron chi connectivity index (χ1n) is 6.27. The minimum absolute atomic E-state index is 0.141. The Labute approximate surface area is 105 Å². The molecule has 0 N–H and O–H groups in total. The number of rotatable bonds is 4. The Morgan fingerprint density at radius 3 is 2.61 bits per heavy atom. The number of ketones is 1. The van der Waals surface area contributed by atoms with Crippen LogP contribution >= 0.6 is 0 Å². The lowest BCUT2D eigenvalue weighted by Crippen LogP contribution is -2.17. The van der Waals surface area contributed by atoms with Crippen molar-refractivity contribution in [1.29, 1.82) is 0 Å². The molecule has 0 saturated carbocycles. The Hall–Kier alpha value is -1.90. The summed E-state index contributed by atoms with van der Waals surface area (Å²) in [6.07, 6.45) is 1.92. The van der Waals surface area contributed by atoms with E-state index < -0.39 is 5.63 Å². The molecule has 0 spiro atoms. The number of fused-ring (bicyclic) bond motifs is 1. The second kappa shape index (κ2) is 5.17. The molecule has 1 heterocycles. The van der Waals surface area contributed by atoms with E-state index in [0.29, 0.717) is 18.4 Å². The summed E-state index contributed by atoms with van der Waals surface area (Å²) in [5, 5.41) is 0.871. The number of carbonyl (C=O) groups is 1. The van der Waals surface area contributed by atoms with Crippen LogP contribution in [0.15, 0.2) is 33.5 Å². The minimum atomic E-state index is -0.510. The van der Waals surface area contributed by atoms with E-state index in [1.54, 1.807) is 13.0 Å². The molecule has 1 aromatic carbocycles. The molecule has 0 aliphatic heterocycles. The van der Waals surface area contributed by atoms with E-state index in [4.69, 9.17) is 4.42 Å². The van der Waals surface area contributed by atoms with Crippen LogP contribution in [0.25, 0.3) is 11.0 Å². The second-order valence-corrected chi connectivity index (χ2v) is 4.27. The minimum Gasteiger partial charge on any atom is -0.422 e. The van der Waals surface area contributed by atoms with Gasteiger partial charge in [-0.15, -0.1) is 0 Å². The molecule has 0 radical (unpaired) electrons. The van der Waals surface area contributed by atoms with Gasteiger partial charge in [0.05, 0.1) is 0 Å². The normalized spacial score (nSPS) is 10.8. The van der Waals surface area contributed by atoms with Crippen molar-refractivity contribution in [3.63, 3.8) is 0 Å². The van der Waals surface area contributed by atoms with Gasteiger partial charge < -0.3 is 4.42 Å². The molecule has 0 atom stereocenters. The van der Waals surface area contributed by atoms with Crippen molar-refractivity contribution in [2.45, 2.75) is 33.1 Å². The van der Waals surface area contributed by atoms with Gasteiger partial charge in [0, 0.05) is 11.8 Å². The van der Waals surface area contributed by atoms with Gasteiger partial charge in [-0.3, -0.25) is 4.79 Å². The lowest BCUT2D eigenvalue weighted by atomic mass is 9.97. The van der Waals surface area contributed by atoms with Gasteiger partial charge in [0.25, 0.3) is 0 Å². The van der Waals surface area contributed by atoms with Crippen LogP contribution in [-0.2, 0) is 6.42 Å². The fourth-order valence-electron chi connectivity index (χ4n) is 2.18. The predicted octanol–water partition coefficient (Wildman–Crippen LogP) is 3.34. The van der Waals surface area contributed by atoms with E-state index in [1.165, 1.54) is 0 Å². The van der Waals surface area contributed by atoms with E-state index in [-0.39, 0.29) is 11.3 Å². The Bertz CT molecular complexity index is 638. The number of para-hydroxylation sites is 1. The summed E-state index contributed by atoms with van der Waals surface area (Å²) in [6.45, 7) is 3.79. The first-order valence-corrected chi connectivity index (χ1v) is 6.27. The van der Waals surface area contributed by atoms with Crippen LogP contribution in [0.2, 0.25) is 0 Å². The maximum absolute atomic E-state index is 11.9. The van der Waals surface area contributed by atoms with Crippen LogP contribution < -0.4 is 5.63 Å². The standard InChI is InChI=1S/C15H16O3/c1-3-7-11-10-8-5-6-9-13(10)18-15(17)14(11)12(16)4-2/h5-6,8-9H,3-4,7H2,1-2H3. The van der Waals surface area contributed by atoms with E-state index in [1.807, 2.05) is 25.1 Å². The second-order valence-electron chi connectivity index (χ2n) is 4.27. The zero-order valence-electron chi connectivity index (χ0n) is 10.7. The number of hydrogen-bond acceptors (Lipinski definition) is 3. The molecule has 0 fully saturated rings. The van der Waals surface area contributed by atoms with Gasteiger partial charge in [0.15, 0.2) is 5.78 Å². The van der Waals surface area contributed by atoms with E-state index in [0.717, 1.165) is 17.4 Å². The van der Waals surface area contributed by atoms with Crippen LogP contribution in [0.4, 0.5) is 0 Å². The zero-order valence-corrected chi connectivity index (χ0v) is 10.7. The quantitative estimate of drug-likeness (QED) is 0.612. The van der Waals surface area contributed by atoms with Gasteiger partial charge in [-0.1, -0.05) is 38.5 Å². The highest BCUT2D eigenvalue weighted by Crippen LogP contribution is 2.22. The molecule has 0 bridgehead atoms. The fourth-order valence-corrected chi connectivity index (χ4v) is 2.18. The number of benzene rings is 1. The first-order chi connectivity index (χ1) is 8.69. The predicted molar refractivity (Wildman–Crippen MR) is 71.1 cm³/mol. The summed E-state index contributed by atoms with van der Waals surface area (Å²) in [5.74, 6) is -0.141. The van der Waals surface area contributed by atoms with Gasteiger partial charge in [-0.25, -0.2) is 4.79 Å². The maximum Gasteiger partial charge on any atom is 0.347 e. The lowest BCUT2D eigenvalue weighted by molar-refractivity contribution is 0.0984. The summed E-state index contributed by atoms with van der Waals surface area (Å²) < 4.78 is 5.23. The molecule has 18 heavy (non-hydrogen) atoms. The fraction of sp³-hybridized carbons (Fsp3) is 0.333.